The Morgan fingerprint density at radius 3 is 2.56 bits per heavy atom. The van der Waals surface area contributed by atoms with Crippen LogP contribution in [0.2, 0.25) is 0 Å². The minimum atomic E-state index is -3.49. The highest BCUT2D eigenvalue weighted by atomic mass is 35.7. The largest absolute Gasteiger partial charge is 0.379 e. The van der Waals surface area contributed by atoms with E-state index in [0.717, 1.165) is 44.0 Å². The van der Waals surface area contributed by atoms with Crippen molar-refractivity contribution in [3.8, 4) is 0 Å². The van der Waals surface area contributed by atoms with Gasteiger partial charge in [-0.1, -0.05) is 24.3 Å². The molecule has 1 heterocycles. The summed E-state index contributed by atoms with van der Waals surface area (Å²) in [4.78, 5) is 2.29. The summed E-state index contributed by atoms with van der Waals surface area (Å²) in [6, 6.07) is 7.55. The Kier molecular flexibility index (Phi) is 4.61. The molecule has 1 saturated heterocycles. The van der Waals surface area contributed by atoms with Gasteiger partial charge in [0.1, 0.15) is 0 Å². The van der Waals surface area contributed by atoms with E-state index < -0.39 is 9.05 Å². The standard InChI is InChI=1S/C12H16ClNO3S/c13-18(15,16)10-12-3-1-2-11(8-12)9-14-4-6-17-7-5-14/h1-3,8H,4-7,9-10H2. The van der Waals surface area contributed by atoms with Crippen molar-refractivity contribution in [3.63, 3.8) is 0 Å². The Balaban J connectivity index is 2.02. The summed E-state index contributed by atoms with van der Waals surface area (Å²) in [6.07, 6.45) is 0. The van der Waals surface area contributed by atoms with Crippen molar-refractivity contribution in [2.75, 3.05) is 26.3 Å². The lowest BCUT2D eigenvalue weighted by molar-refractivity contribution is 0.0342. The number of nitrogens with zero attached hydrogens (tertiary/aromatic N) is 1. The van der Waals surface area contributed by atoms with E-state index in [1.54, 1.807) is 6.07 Å². The second-order valence-corrected chi connectivity index (χ2v) is 7.17. The topological polar surface area (TPSA) is 46.6 Å². The zero-order valence-corrected chi connectivity index (χ0v) is 11.6. The minimum absolute atomic E-state index is 0.120. The third-order valence-corrected chi connectivity index (χ3v) is 3.85. The number of morpholine rings is 1. The smallest absolute Gasteiger partial charge is 0.236 e. The van der Waals surface area contributed by atoms with Gasteiger partial charge in [-0.15, -0.1) is 0 Å². The van der Waals surface area contributed by atoms with Crippen LogP contribution in [0.5, 0.6) is 0 Å². The molecule has 0 saturated carbocycles. The van der Waals surface area contributed by atoms with Gasteiger partial charge in [0.25, 0.3) is 0 Å². The van der Waals surface area contributed by atoms with E-state index >= 15 is 0 Å². The maximum absolute atomic E-state index is 11.0. The summed E-state index contributed by atoms with van der Waals surface area (Å²) >= 11 is 0. The van der Waals surface area contributed by atoms with Crippen molar-refractivity contribution in [2.45, 2.75) is 12.3 Å². The van der Waals surface area contributed by atoms with Crippen LogP contribution in [0, 0.1) is 0 Å². The molecule has 0 spiro atoms. The lowest BCUT2D eigenvalue weighted by Gasteiger charge is -2.26. The van der Waals surface area contributed by atoms with Gasteiger partial charge in [0.2, 0.25) is 9.05 Å². The molecular formula is C12H16ClNO3S. The van der Waals surface area contributed by atoms with Crippen LogP contribution in [-0.2, 0) is 26.1 Å². The molecule has 0 aromatic heterocycles. The third-order valence-electron chi connectivity index (χ3n) is 2.84. The maximum atomic E-state index is 11.0. The molecule has 0 bridgehead atoms. The van der Waals surface area contributed by atoms with Gasteiger partial charge in [-0.25, -0.2) is 8.42 Å². The Morgan fingerprint density at radius 2 is 1.89 bits per heavy atom. The third kappa shape index (κ3) is 4.57. The number of hydrogen-bond acceptors (Lipinski definition) is 4. The first-order valence-electron chi connectivity index (χ1n) is 5.83. The fraction of sp³-hybridized carbons (Fsp3) is 0.500. The predicted molar refractivity (Wildman–Crippen MR) is 71.0 cm³/mol. The van der Waals surface area contributed by atoms with Crippen LogP contribution in [0.25, 0.3) is 0 Å². The van der Waals surface area contributed by atoms with Gasteiger partial charge in [0.05, 0.1) is 19.0 Å². The molecule has 1 aliphatic heterocycles. The molecule has 0 amide bonds. The summed E-state index contributed by atoms with van der Waals surface area (Å²) < 4.78 is 27.4. The molecule has 0 atom stereocenters. The van der Waals surface area contributed by atoms with Gasteiger partial charge in [-0.2, -0.15) is 0 Å². The summed E-state index contributed by atoms with van der Waals surface area (Å²) in [5.74, 6) is -0.120. The van der Waals surface area contributed by atoms with Crippen molar-refractivity contribution in [1.29, 1.82) is 0 Å². The minimum Gasteiger partial charge on any atom is -0.379 e. The van der Waals surface area contributed by atoms with Gasteiger partial charge in [-0.3, -0.25) is 4.90 Å². The lowest BCUT2D eigenvalue weighted by atomic mass is 10.1. The van der Waals surface area contributed by atoms with E-state index in [9.17, 15) is 8.42 Å². The van der Waals surface area contributed by atoms with Gasteiger partial charge >= 0.3 is 0 Å². The van der Waals surface area contributed by atoms with Crippen LogP contribution in [0.3, 0.4) is 0 Å². The molecule has 1 fully saturated rings. The normalized spacial score (nSPS) is 17.8. The molecule has 0 radical (unpaired) electrons. The second kappa shape index (κ2) is 6.02. The summed E-state index contributed by atoms with van der Waals surface area (Å²) in [6.45, 7) is 4.17. The average Bonchev–Trinajstić information content (AvgIpc) is 2.28. The summed E-state index contributed by atoms with van der Waals surface area (Å²) in [5.41, 5.74) is 1.84. The molecule has 0 aliphatic carbocycles. The molecule has 1 aromatic rings. The van der Waals surface area contributed by atoms with Gasteiger partial charge in [0, 0.05) is 30.3 Å². The first-order valence-corrected chi connectivity index (χ1v) is 8.31. The Labute approximate surface area is 112 Å². The molecule has 0 N–H and O–H groups in total. The zero-order valence-electron chi connectivity index (χ0n) is 10.0. The van der Waals surface area contributed by atoms with Crippen molar-refractivity contribution in [1.82, 2.24) is 4.90 Å². The molecule has 100 valence electrons. The van der Waals surface area contributed by atoms with E-state index in [0.29, 0.717) is 0 Å². The lowest BCUT2D eigenvalue weighted by Crippen LogP contribution is -2.35. The molecule has 4 nitrogen and oxygen atoms in total. The molecule has 1 aromatic carbocycles. The SMILES string of the molecule is O=S(=O)(Cl)Cc1cccc(CN2CCOCC2)c1. The molecule has 18 heavy (non-hydrogen) atoms. The van der Waals surface area contributed by atoms with Crippen LogP contribution in [-0.4, -0.2) is 39.6 Å². The molecule has 0 unspecified atom stereocenters. The van der Waals surface area contributed by atoms with Gasteiger partial charge in [0.15, 0.2) is 0 Å². The molecule has 1 aliphatic rings. The van der Waals surface area contributed by atoms with Crippen LogP contribution in [0.1, 0.15) is 11.1 Å². The quantitative estimate of drug-likeness (QED) is 0.790. The Hall–Kier alpha value is -0.620. The number of benzene rings is 1. The maximum Gasteiger partial charge on any atom is 0.236 e. The van der Waals surface area contributed by atoms with E-state index in [1.807, 2.05) is 18.2 Å². The zero-order chi connectivity index (χ0) is 13.0. The first-order chi connectivity index (χ1) is 8.53. The first kappa shape index (κ1) is 13.8. The number of rotatable bonds is 4. The fourth-order valence-electron chi connectivity index (χ4n) is 2.03. The van der Waals surface area contributed by atoms with Gasteiger partial charge in [-0.05, 0) is 11.1 Å². The molecule has 6 heteroatoms. The van der Waals surface area contributed by atoms with Crippen molar-refractivity contribution in [2.24, 2.45) is 0 Å². The van der Waals surface area contributed by atoms with E-state index in [4.69, 9.17) is 15.4 Å². The van der Waals surface area contributed by atoms with Crippen molar-refractivity contribution >= 4 is 19.7 Å². The number of halogens is 1. The molecular weight excluding hydrogens is 274 g/mol. The Bertz CT molecular complexity index is 498. The monoisotopic (exact) mass is 289 g/mol. The van der Waals surface area contributed by atoms with Gasteiger partial charge < -0.3 is 4.74 Å². The van der Waals surface area contributed by atoms with Crippen LogP contribution in [0.15, 0.2) is 24.3 Å². The number of hydrogen-bond donors (Lipinski definition) is 0. The van der Waals surface area contributed by atoms with Crippen molar-refractivity contribution < 1.29 is 13.2 Å². The number of ether oxygens (including phenoxy) is 1. The van der Waals surface area contributed by atoms with Crippen molar-refractivity contribution in [3.05, 3.63) is 35.4 Å². The highest BCUT2D eigenvalue weighted by Crippen LogP contribution is 2.14. The van der Waals surface area contributed by atoms with Crippen LogP contribution >= 0.6 is 10.7 Å². The Morgan fingerprint density at radius 1 is 1.22 bits per heavy atom. The van der Waals surface area contributed by atoms with E-state index in [-0.39, 0.29) is 5.75 Å². The van der Waals surface area contributed by atoms with E-state index in [1.165, 1.54) is 0 Å². The summed E-state index contributed by atoms with van der Waals surface area (Å²) in [5, 5.41) is 0. The average molecular weight is 290 g/mol. The van der Waals surface area contributed by atoms with E-state index in [2.05, 4.69) is 4.90 Å². The predicted octanol–water partition coefficient (Wildman–Crippen LogP) is 1.59. The fourth-order valence-corrected chi connectivity index (χ4v) is 2.99. The highest BCUT2D eigenvalue weighted by molar-refractivity contribution is 8.13. The summed E-state index contributed by atoms with van der Waals surface area (Å²) in [7, 11) is 1.77. The second-order valence-electron chi connectivity index (χ2n) is 4.39. The highest BCUT2D eigenvalue weighted by Gasteiger charge is 2.12. The van der Waals surface area contributed by atoms with Crippen LogP contribution < -0.4 is 0 Å². The molecule has 2 rings (SSSR count). The van der Waals surface area contributed by atoms with Crippen LogP contribution in [0.4, 0.5) is 0 Å².